The number of carbonyl (C=O) groups is 9. The van der Waals surface area contributed by atoms with E-state index in [1.54, 1.807) is 41.5 Å². The van der Waals surface area contributed by atoms with E-state index >= 15 is 0 Å². The first-order valence-electron chi connectivity index (χ1n) is 19.4. The van der Waals surface area contributed by atoms with E-state index in [9.17, 15) is 48.3 Å². The second-order valence-corrected chi connectivity index (χ2v) is 14.8. The van der Waals surface area contributed by atoms with Gasteiger partial charge in [0, 0.05) is 0 Å². The fourth-order valence-corrected chi connectivity index (χ4v) is 5.10. The first kappa shape index (κ1) is 52.1. The quantitative estimate of drug-likeness (QED) is 0.0341. The van der Waals surface area contributed by atoms with Crippen molar-refractivity contribution in [3.8, 4) is 0 Å². The Morgan fingerprint density at radius 3 is 1.33 bits per heavy atom. The molecule has 0 aliphatic heterocycles. The van der Waals surface area contributed by atoms with E-state index in [-0.39, 0.29) is 24.7 Å². The monoisotopic (exact) mass is 814 g/mol. The van der Waals surface area contributed by atoms with Crippen molar-refractivity contribution < 1.29 is 48.3 Å². The number of hydrogen-bond donors (Lipinski definition) is 12. The predicted molar refractivity (Wildman–Crippen MR) is 210 cm³/mol. The summed E-state index contributed by atoms with van der Waals surface area (Å²) in [5.74, 6) is -7.66. The zero-order valence-corrected chi connectivity index (χ0v) is 34.3. The van der Waals surface area contributed by atoms with Gasteiger partial charge in [-0.05, 0) is 76.3 Å². The summed E-state index contributed by atoms with van der Waals surface area (Å²) in [6.45, 7) is 10.7. The molecule has 0 bridgehead atoms. The summed E-state index contributed by atoms with van der Waals surface area (Å²) < 4.78 is 0. The van der Waals surface area contributed by atoms with Crippen molar-refractivity contribution in [3.05, 3.63) is 0 Å². The van der Waals surface area contributed by atoms with Gasteiger partial charge in [0.25, 0.3) is 0 Å². The molecule has 0 rings (SSSR count). The summed E-state index contributed by atoms with van der Waals surface area (Å²) in [7, 11) is 0. The first-order chi connectivity index (χ1) is 26.7. The third-order valence-corrected chi connectivity index (χ3v) is 8.73. The van der Waals surface area contributed by atoms with Crippen molar-refractivity contribution in [1.82, 2.24) is 42.5 Å². The van der Waals surface area contributed by atoms with Gasteiger partial charge in [-0.1, -0.05) is 41.5 Å². The summed E-state index contributed by atoms with van der Waals surface area (Å²) >= 11 is 0. The molecule has 0 fully saturated rings. The van der Waals surface area contributed by atoms with Crippen molar-refractivity contribution in [3.63, 3.8) is 0 Å². The maximum absolute atomic E-state index is 13.1. The summed E-state index contributed by atoms with van der Waals surface area (Å²) in [4.78, 5) is 114. The minimum atomic E-state index is -1.23. The molecule has 0 heterocycles. The van der Waals surface area contributed by atoms with E-state index in [4.69, 9.17) is 17.2 Å². The number of amides is 8. The van der Waals surface area contributed by atoms with Crippen molar-refractivity contribution >= 4 is 53.2 Å². The van der Waals surface area contributed by atoms with Crippen LogP contribution in [-0.2, 0) is 43.2 Å². The van der Waals surface area contributed by atoms with Gasteiger partial charge in [-0.15, -0.1) is 0 Å². The van der Waals surface area contributed by atoms with Crippen LogP contribution in [0.25, 0.3) is 0 Å². The Morgan fingerprint density at radius 2 is 0.895 bits per heavy atom. The summed E-state index contributed by atoms with van der Waals surface area (Å²) in [6, 6.07) is -6.34. The fraction of sp³-hybridized carbons (Fsp3) is 0.750. The molecule has 6 unspecified atom stereocenters. The van der Waals surface area contributed by atoms with Gasteiger partial charge in [0.1, 0.15) is 30.2 Å². The molecule has 0 spiro atoms. The van der Waals surface area contributed by atoms with Crippen LogP contribution in [0.2, 0.25) is 0 Å². The van der Waals surface area contributed by atoms with E-state index in [1.165, 1.54) is 6.92 Å². The Balaban J connectivity index is 5.26. The van der Waals surface area contributed by atoms with Gasteiger partial charge in [-0.3, -0.25) is 38.4 Å². The molecule has 21 nitrogen and oxygen atoms in total. The molecule has 0 radical (unpaired) electrons. The Labute approximate surface area is 334 Å². The smallest absolute Gasteiger partial charge is 0.326 e. The highest BCUT2D eigenvalue weighted by molar-refractivity contribution is 5.96. The molecule has 0 aliphatic carbocycles. The standard InChI is InChI=1S/C36H67N11O10/c1-19(2)28(39)33(53)47-30(21(5)6)35(55)41-16-25(48)43-22(7)31(51)45-23(12-8-10-14-37)32(52)40-18-27(50)46-29(20(3)4)34(54)42-17-26(49)44-24(36(56)57)13-9-11-15-38/h19-24,28-30H,8-18,37-39H2,1-7H3,(H,40,52)(H,41,55)(H,42,54)(H,43,48)(H,44,49)(H,45,51)(H,46,50)(H,47,53)(H,56,57). The van der Waals surface area contributed by atoms with Crippen LogP contribution in [0.4, 0.5) is 0 Å². The van der Waals surface area contributed by atoms with Crippen molar-refractivity contribution in [2.75, 3.05) is 32.7 Å². The highest BCUT2D eigenvalue weighted by Crippen LogP contribution is 2.06. The topological polar surface area (TPSA) is 348 Å². The molecule has 0 aromatic rings. The van der Waals surface area contributed by atoms with Gasteiger partial charge in [0.05, 0.1) is 25.7 Å². The van der Waals surface area contributed by atoms with Crippen LogP contribution in [0.15, 0.2) is 0 Å². The number of rotatable bonds is 28. The van der Waals surface area contributed by atoms with Gasteiger partial charge in [-0.2, -0.15) is 0 Å². The Morgan fingerprint density at radius 1 is 0.474 bits per heavy atom. The van der Waals surface area contributed by atoms with Crippen LogP contribution in [0.1, 0.15) is 87.0 Å². The molecule has 21 heteroatoms. The lowest BCUT2D eigenvalue weighted by Gasteiger charge is -2.25. The zero-order chi connectivity index (χ0) is 43.8. The molecular weight excluding hydrogens is 746 g/mol. The van der Waals surface area contributed by atoms with Crippen LogP contribution in [0.3, 0.4) is 0 Å². The summed E-state index contributed by atoms with van der Waals surface area (Å²) in [5, 5.41) is 29.1. The van der Waals surface area contributed by atoms with E-state index in [0.717, 1.165) is 0 Å². The molecular formula is C36H67N11O10. The number of hydrogen-bond acceptors (Lipinski definition) is 12. The number of carboxylic acid groups (broad SMARTS) is 1. The maximum atomic E-state index is 13.1. The van der Waals surface area contributed by atoms with Crippen molar-refractivity contribution in [1.29, 1.82) is 0 Å². The molecule has 0 saturated heterocycles. The normalized spacial score (nSPS) is 14.3. The molecule has 6 atom stereocenters. The van der Waals surface area contributed by atoms with Crippen LogP contribution in [0.5, 0.6) is 0 Å². The van der Waals surface area contributed by atoms with E-state index < -0.39 is 115 Å². The number of carbonyl (C=O) groups excluding carboxylic acids is 8. The maximum Gasteiger partial charge on any atom is 0.326 e. The van der Waals surface area contributed by atoms with Crippen molar-refractivity contribution in [2.45, 2.75) is 123 Å². The lowest BCUT2D eigenvalue weighted by Crippen LogP contribution is -2.57. The molecule has 0 aromatic heterocycles. The fourth-order valence-electron chi connectivity index (χ4n) is 5.10. The summed E-state index contributed by atoms with van der Waals surface area (Å²) in [5.41, 5.74) is 16.9. The molecule has 0 aromatic carbocycles. The van der Waals surface area contributed by atoms with E-state index in [1.807, 2.05) is 0 Å². The molecule has 0 aliphatic rings. The highest BCUT2D eigenvalue weighted by Gasteiger charge is 2.30. The number of unbranched alkanes of at least 4 members (excludes halogenated alkanes) is 2. The Bertz CT molecular complexity index is 1360. The SMILES string of the molecule is CC(NC(=O)CNC(=O)C(NC(=O)C(N)C(C)C)C(C)C)C(=O)NC(CCCCN)C(=O)NCC(=O)NC(C(=O)NCC(=O)NC(CCCCN)C(=O)O)C(C)C. The van der Waals surface area contributed by atoms with Crippen LogP contribution in [-0.4, -0.2) is 127 Å². The summed E-state index contributed by atoms with van der Waals surface area (Å²) in [6.07, 6.45) is 2.34. The second kappa shape index (κ2) is 27.7. The lowest BCUT2D eigenvalue weighted by molar-refractivity contribution is -0.142. The number of aliphatic carboxylic acids is 1. The largest absolute Gasteiger partial charge is 0.480 e. The zero-order valence-electron chi connectivity index (χ0n) is 34.3. The lowest BCUT2D eigenvalue weighted by atomic mass is 10.0. The third kappa shape index (κ3) is 21.3. The van der Waals surface area contributed by atoms with Gasteiger partial charge < -0.3 is 64.8 Å². The average Bonchev–Trinajstić information content (AvgIpc) is 3.14. The predicted octanol–water partition coefficient (Wildman–Crippen LogP) is -3.58. The van der Waals surface area contributed by atoms with Crippen molar-refractivity contribution in [2.24, 2.45) is 35.0 Å². The number of carboxylic acids is 1. The molecule has 326 valence electrons. The second-order valence-electron chi connectivity index (χ2n) is 14.8. The van der Waals surface area contributed by atoms with Gasteiger partial charge in [0.2, 0.25) is 47.3 Å². The van der Waals surface area contributed by atoms with Crippen LogP contribution < -0.4 is 59.7 Å². The third-order valence-electron chi connectivity index (χ3n) is 8.73. The number of nitrogens with two attached hydrogens (primary N) is 3. The van der Waals surface area contributed by atoms with E-state index in [0.29, 0.717) is 38.8 Å². The Hall–Kier alpha value is -4.89. The van der Waals surface area contributed by atoms with E-state index in [2.05, 4.69) is 42.5 Å². The van der Waals surface area contributed by atoms with Gasteiger partial charge in [0.15, 0.2) is 0 Å². The minimum Gasteiger partial charge on any atom is -0.480 e. The number of nitrogens with one attached hydrogen (secondary N) is 8. The minimum absolute atomic E-state index is 0.144. The first-order valence-corrected chi connectivity index (χ1v) is 19.4. The average molecular weight is 814 g/mol. The molecule has 0 saturated carbocycles. The van der Waals surface area contributed by atoms with Gasteiger partial charge >= 0.3 is 5.97 Å². The van der Waals surface area contributed by atoms with Crippen LogP contribution >= 0.6 is 0 Å². The molecule has 8 amide bonds. The molecule has 15 N–H and O–H groups in total. The Kier molecular flexibility index (Phi) is 25.3. The highest BCUT2D eigenvalue weighted by atomic mass is 16.4. The molecule has 57 heavy (non-hydrogen) atoms. The van der Waals surface area contributed by atoms with Crippen LogP contribution in [0, 0.1) is 17.8 Å². The van der Waals surface area contributed by atoms with Gasteiger partial charge in [-0.25, -0.2) is 4.79 Å².